The summed E-state index contributed by atoms with van der Waals surface area (Å²) in [6.45, 7) is 12.8. The van der Waals surface area contributed by atoms with Gasteiger partial charge in [-0.25, -0.2) is 0 Å². The van der Waals surface area contributed by atoms with E-state index in [0.717, 1.165) is 5.56 Å². The average Bonchev–Trinajstić information content (AvgIpc) is 2.56. The number of carbonyl (C=O) groups is 1. The molecule has 8 heteroatoms. The molecule has 1 aromatic carbocycles. The Bertz CT molecular complexity index is 639. The van der Waals surface area contributed by atoms with Crippen molar-refractivity contribution in [1.82, 2.24) is 5.32 Å². The first kappa shape index (κ1) is 22.1. The Morgan fingerprint density at radius 1 is 1.31 bits per heavy atom. The molecule has 146 valence electrons. The van der Waals surface area contributed by atoms with Gasteiger partial charge in [0.1, 0.15) is 6.04 Å². The van der Waals surface area contributed by atoms with Crippen LogP contribution in [0, 0.1) is 0 Å². The van der Waals surface area contributed by atoms with Gasteiger partial charge in [0.25, 0.3) is 0 Å². The molecule has 0 heterocycles. The van der Waals surface area contributed by atoms with Crippen molar-refractivity contribution in [2.75, 3.05) is 6.61 Å². The Hall–Kier alpha value is -1.90. The zero-order chi connectivity index (χ0) is 20.1. The highest BCUT2D eigenvalue weighted by atomic mass is 28.4. The average molecular weight is 382 g/mol. The van der Waals surface area contributed by atoms with Gasteiger partial charge in [0, 0.05) is 5.56 Å². The zero-order valence-electron chi connectivity index (χ0n) is 16.4. The van der Waals surface area contributed by atoms with E-state index in [4.69, 9.17) is 15.4 Å². The van der Waals surface area contributed by atoms with Crippen molar-refractivity contribution >= 4 is 20.1 Å². The third-order valence-corrected chi connectivity index (χ3v) is 9.46. The van der Waals surface area contributed by atoms with E-state index in [9.17, 15) is 9.90 Å². The summed E-state index contributed by atoms with van der Waals surface area (Å²) < 4.78 is 6.29. The summed E-state index contributed by atoms with van der Waals surface area (Å²) in [4.78, 5) is 11.3. The molecule has 0 amide bonds. The summed E-state index contributed by atoms with van der Waals surface area (Å²) in [6.07, 6.45) is 0. The highest BCUT2D eigenvalue weighted by Crippen LogP contribution is 2.37. The third-order valence-electron chi connectivity index (χ3n) is 4.96. The second-order valence-electron chi connectivity index (χ2n) is 7.96. The molecule has 0 fully saturated rings. The molecule has 0 radical (unpaired) electrons. The highest BCUT2D eigenvalue weighted by Gasteiger charge is 2.37. The fraction of sp³-hybridized carbons (Fsp3) is 0.556. The molecule has 0 aliphatic heterocycles. The minimum absolute atomic E-state index is 0.0255. The SMILES string of the molecule is C[C@@H](NC(CO[Si](C)(C)C(C)(C)C)c1ccc(C(N)=NO)cc1)C(=O)O. The van der Waals surface area contributed by atoms with Crippen molar-refractivity contribution < 1.29 is 19.5 Å². The fourth-order valence-corrected chi connectivity index (χ4v) is 3.08. The molecular weight excluding hydrogens is 350 g/mol. The van der Waals surface area contributed by atoms with Gasteiger partial charge in [0.15, 0.2) is 14.2 Å². The van der Waals surface area contributed by atoms with Crippen LogP contribution in [-0.2, 0) is 9.22 Å². The Morgan fingerprint density at radius 2 is 1.85 bits per heavy atom. The first-order valence-electron chi connectivity index (χ1n) is 8.59. The topological polar surface area (TPSA) is 117 Å². The van der Waals surface area contributed by atoms with Gasteiger partial charge in [-0.05, 0) is 30.6 Å². The molecule has 2 atom stereocenters. The van der Waals surface area contributed by atoms with Crippen LogP contribution in [-0.4, -0.2) is 43.1 Å². The van der Waals surface area contributed by atoms with Gasteiger partial charge in [-0.3, -0.25) is 10.1 Å². The van der Waals surface area contributed by atoms with Gasteiger partial charge >= 0.3 is 5.97 Å². The van der Waals surface area contributed by atoms with Gasteiger partial charge in [-0.2, -0.15) is 0 Å². The Morgan fingerprint density at radius 3 is 2.27 bits per heavy atom. The van der Waals surface area contributed by atoms with Crippen LogP contribution in [0.2, 0.25) is 18.1 Å². The van der Waals surface area contributed by atoms with Gasteiger partial charge in [0.05, 0.1) is 12.6 Å². The normalized spacial score (nSPS) is 15.5. The van der Waals surface area contributed by atoms with Gasteiger partial charge in [-0.1, -0.05) is 50.2 Å². The molecule has 5 N–H and O–H groups in total. The Labute approximate surface area is 156 Å². The van der Waals surface area contributed by atoms with Crippen LogP contribution in [0.4, 0.5) is 0 Å². The number of rotatable bonds is 8. The van der Waals surface area contributed by atoms with Crippen molar-refractivity contribution in [3.63, 3.8) is 0 Å². The van der Waals surface area contributed by atoms with E-state index in [-0.39, 0.29) is 16.9 Å². The molecule has 1 unspecified atom stereocenters. The first-order valence-corrected chi connectivity index (χ1v) is 11.5. The standard InChI is InChI=1S/C18H31N3O4Si/c1-12(17(22)23)20-15(11-25-26(5,6)18(2,3)4)13-7-9-14(10-8-13)16(19)21-24/h7-10,12,15,20,24H,11H2,1-6H3,(H2,19,21)(H,22,23)/t12-,15?/m1/s1. The second-order valence-corrected chi connectivity index (χ2v) is 12.8. The lowest BCUT2D eigenvalue weighted by molar-refractivity contribution is -0.139. The van der Waals surface area contributed by atoms with Crippen molar-refractivity contribution in [2.24, 2.45) is 10.9 Å². The number of oxime groups is 1. The summed E-state index contributed by atoms with van der Waals surface area (Å²) >= 11 is 0. The molecule has 0 spiro atoms. The van der Waals surface area contributed by atoms with E-state index in [1.165, 1.54) is 0 Å². The molecule has 0 bridgehead atoms. The molecule has 0 aromatic heterocycles. The largest absolute Gasteiger partial charge is 0.480 e. The van der Waals surface area contributed by atoms with Crippen LogP contribution < -0.4 is 11.1 Å². The van der Waals surface area contributed by atoms with Gasteiger partial charge in [-0.15, -0.1) is 0 Å². The molecule has 0 aliphatic carbocycles. The van der Waals surface area contributed by atoms with E-state index in [1.807, 2.05) is 12.1 Å². The second kappa shape index (κ2) is 8.66. The van der Waals surface area contributed by atoms with Crippen LogP contribution in [0.3, 0.4) is 0 Å². The van der Waals surface area contributed by atoms with Crippen LogP contribution in [0.5, 0.6) is 0 Å². The smallest absolute Gasteiger partial charge is 0.320 e. The summed E-state index contributed by atoms with van der Waals surface area (Å²) in [5.41, 5.74) is 7.06. The maximum Gasteiger partial charge on any atom is 0.320 e. The van der Waals surface area contributed by atoms with E-state index < -0.39 is 20.3 Å². The van der Waals surface area contributed by atoms with E-state index in [2.05, 4.69) is 44.3 Å². The Kier molecular flexibility index (Phi) is 7.37. The molecule has 1 aromatic rings. The molecule has 0 saturated carbocycles. The summed E-state index contributed by atoms with van der Waals surface area (Å²) in [6, 6.07) is 6.12. The number of nitrogens with zero attached hydrogens (tertiary/aromatic N) is 1. The highest BCUT2D eigenvalue weighted by molar-refractivity contribution is 6.74. The third kappa shape index (κ3) is 5.82. The number of carboxylic acid groups (broad SMARTS) is 1. The zero-order valence-corrected chi connectivity index (χ0v) is 17.4. The number of nitrogens with one attached hydrogen (secondary N) is 1. The number of hydrogen-bond acceptors (Lipinski definition) is 5. The minimum Gasteiger partial charge on any atom is -0.480 e. The van der Waals surface area contributed by atoms with E-state index >= 15 is 0 Å². The van der Waals surface area contributed by atoms with Crippen molar-refractivity contribution in [3.8, 4) is 0 Å². The van der Waals surface area contributed by atoms with Crippen molar-refractivity contribution in [2.45, 2.75) is 57.9 Å². The monoisotopic (exact) mass is 381 g/mol. The van der Waals surface area contributed by atoms with Crippen LogP contribution in [0.25, 0.3) is 0 Å². The fourth-order valence-electron chi connectivity index (χ4n) is 2.07. The number of benzene rings is 1. The molecule has 1 rings (SSSR count). The maximum atomic E-state index is 11.3. The van der Waals surface area contributed by atoms with Crippen molar-refractivity contribution in [3.05, 3.63) is 35.4 Å². The maximum absolute atomic E-state index is 11.3. The molecular formula is C18H31N3O4Si. The summed E-state index contributed by atoms with van der Waals surface area (Å²) in [5.74, 6) is -0.895. The first-order chi connectivity index (χ1) is 11.9. The lowest BCUT2D eigenvalue weighted by Gasteiger charge is -2.37. The molecule has 0 saturated heterocycles. The summed E-state index contributed by atoms with van der Waals surface area (Å²) in [7, 11) is -1.97. The van der Waals surface area contributed by atoms with E-state index in [0.29, 0.717) is 12.2 Å². The predicted octanol–water partition coefficient (Wildman–Crippen LogP) is 2.91. The molecule has 26 heavy (non-hydrogen) atoms. The van der Waals surface area contributed by atoms with Gasteiger partial charge < -0.3 is 20.5 Å². The number of nitrogens with two attached hydrogens (primary N) is 1. The summed E-state index contributed by atoms with van der Waals surface area (Å²) in [5, 5.41) is 24.1. The number of aliphatic carboxylic acids is 1. The lowest BCUT2D eigenvalue weighted by atomic mass is 10.0. The predicted molar refractivity (Wildman–Crippen MR) is 105 cm³/mol. The molecule has 0 aliphatic rings. The van der Waals surface area contributed by atoms with Crippen molar-refractivity contribution in [1.29, 1.82) is 0 Å². The van der Waals surface area contributed by atoms with Crippen LogP contribution >= 0.6 is 0 Å². The lowest BCUT2D eigenvalue weighted by Crippen LogP contribution is -2.45. The Balaban J connectivity index is 3.03. The van der Waals surface area contributed by atoms with Crippen LogP contribution in [0.15, 0.2) is 29.4 Å². The van der Waals surface area contributed by atoms with Gasteiger partial charge in [0.2, 0.25) is 0 Å². The molecule has 7 nitrogen and oxygen atoms in total. The number of amidine groups is 1. The number of carboxylic acids is 1. The number of hydrogen-bond donors (Lipinski definition) is 4. The quantitative estimate of drug-likeness (QED) is 0.181. The minimum atomic E-state index is -1.97. The van der Waals surface area contributed by atoms with E-state index in [1.54, 1.807) is 19.1 Å². The van der Waals surface area contributed by atoms with Crippen LogP contribution in [0.1, 0.15) is 44.9 Å².